The van der Waals surface area contributed by atoms with Crippen molar-refractivity contribution in [1.29, 1.82) is 0 Å². The number of aromatic carboxylic acids is 1. The van der Waals surface area contributed by atoms with Crippen molar-refractivity contribution in [1.82, 2.24) is 5.32 Å². The number of fused-ring (bicyclic) bond motifs is 2. The number of anilines is 1. The Morgan fingerprint density at radius 2 is 1.18 bits per heavy atom. The molecule has 0 unspecified atom stereocenters. The predicted octanol–water partition coefficient (Wildman–Crippen LogP) is 8.67. The van der Waals surface area contributed by atoms with Crippen LogP contribution in [0.5, 0.6) is 0 Å². The van der Waals surface area contributed by atoms with Gasteiger partial charge in [0, 0.05) is 28.6 Å². The van der Waals surface area contributed by atoms with Crippen molar-refractivity contribution < 1.29 is 14.7 Å². The largest absolute Gasteiger partial charge is 0.478 e. The summed E-state index contributed by atoms with van der Waals surface area (Å²) in [5.74, 6) is -1.26. The molecule has 0 fully saturated rings. The van der Waals surface area contributed by atoms with Gasteiger partial charge in [-0.3, -0.25) is 4.79 Å². The van der Waals surface area contributed by atoms with E-state index in [0.717, 1.165) is 50.5 Å². The molecule has 5 heteroatoms. The molecule has 0 saturated heterocycles. The number of hydrogen-bond acceptors (Lipinski definition) is 3. The van der Waals surface area contributed by atoms with Gasteiger partial charge in [-0.2, -0.15) is 0 Å². The molecular formula is C34H38N2O3. The fraction of sp³-hybridized carbons (Fsp3) is 0.353. The highest BCUT2D eigenvalue weighted by Gasteiger charge is 2.22. The predicted molar refractivity (Wildman–Crippen MR) is 163 cm³/mol. The first kappa shape index (κ1) is 26.7. The molecule has 1 amide bonds. The molecule has 0 spiro atoms. The second kappa shape index (κ2) is 11.9. The topological polar surface area (TPSA) is 92.4 Å². The van der Waals surface area contributed by atoms with Crippen LogP contribution >= 0.6 is 0 Å². The SMILES string of the molecule is CCCCCCCCCCCCNC(=O)c1ccc2c3cccc4c(N)ccc(c5ccc(C(=O)O)c1c52)c43. The molecule has 0 aliphatic rings. The third kappa shape index (κ3) is 5.23. The minimum Gasteiger partial charge on any atom is -0.478 e. The minimum atomic E-state index is -1.04. The number of benzene rings is 5. The van der Waals surface area contributed by atoms with Gasteiger partial charge in [-0.05, 0) is 56.9 Å². The molecule has 5 aromatic carbocycles. The van der Waals surface area contributed by atoms with Crippen LogP contribution in [0.4, 0.5) is 5.69 Å². The van der Waals surface area contributed by atoms with Gasteiger partial charge in [-0.15, -0.1) is 0 Å². The van der Waals surface area contributed by atoms with Gasteiger partial charge >= 0.3 is 5.97 Å². The first-order valence-electron chi connectivity index (χ1n) is 14.5. The maximum atomic E-state index is 13.4. The first-order valence-corrected chi connectivity index (χ1v) is 14.5. The summed E-state index contributed by atoms with van der Waals surface area (Å²) in [5, 5.41) is 20.3. The maximum absolute atomic E-state index is 13.4. The Hall–Kier alpha value is -3.86. The number of carbonyl (C=O) groups is 2. The number of nitrogen functional groups attached to an aromatic ring is 1. The van der Waals surface area contributed by atoms with Gasteiger partial charge in [0.1, 0.15) is 0 Å². The van der Waals surface area contributed by atoms with Crippen molar-refractivity contribution in [3.8, 4) is 0 Å². The van der Waals surface area contributed by atoms with E-state index in [-0.39, 0.29) is 11.5 Å². The molecule has 5 aromatic rings. The first-order chi connectivity index (χ1) is 19.0. The van der Waals surface area contributed by atoms with Gasteiger partial charge in [-0.1, -0.05) is 101 Å². The molecule has 5 rings (SSSR count). The van der Waals surface area contributed by atoms with E-state index in [9.17, 15) is 14.7 Å². The lowest BCUT2D eigenvalue weighted by atomic mass is 9.86. The number of hydrogen-bond donors (Lipinski definition) is 3. The number of rotatable bonds is 13. The quantitative estimate of drug-likeness (QED) is 0.0624. The monoisotopic (exact) mass is 522 g/mol. The van der Waals surface area contributed by atoms with Gasteiger partial charge in [0.15, 0.2) is 0 Å². The van der Waals surface area contributed by atoms with Crippen LogP contribution in [0.1, 0.15) is 91.8 Å². The molecule has 0 atom stereocenters. The molecule has 202 valence electrons. The van der Waals surface area contributed by atoms with Gasteiger partial charge in [0.05, 0.1) is 5.56 Å². The fourth-order valence-electron chi connectivity index (χ4n) is 6.10. The number of unbranched alkanes of at least 4 members (excludes halogenated alkanes) is 9. The molecule has 0 aromatic heterocycles. The van der Waals surface area contributed by atoms with E-state index in [1.807, 2.05) is 42.5 Å². The van der Waals surface area contributed by atoms with E-state index in [0.29, 0.717) is 23.2 Å². The summed E-state index contributed by atoms with van der Waals surface area (Å²) in [6.45, 7) is 2.83. The molecule has 0 radical (unpaired) electrons. The van der Waals surface area contributed by atoms with Crippen LogP contribution in [-0.4, -0.2) is 23.5 Å². The molecule has 5 nitrogen and oxygen atoms in total. The highest BCUT2D eigenvalue weighted by Crippen LogP contribution is 2.43. The van der Waals surface area contributed by atoms with Gasteiger partial charge in [0.2, 0.25) is 0 Å². The standard InChI is InChI=1S/C34H38N2O3/c1-2-3-4-5-6-7-8-9-10-11-21-36-33(37)27-17-15-24-22-13-12-14-26-29(35)20-19-23(30(22)26)25-16-18-28(34(38)39)32(27)31(24)25/h12-20H,2-11,21,35H2,1H3,(H,36,37)(H,38,39). The van der Waals surface area contributed by atoms with Crippen LogP contribution in [0.2, 0.25) is 0 Å². The fourth-order valence-corrected chi connectivity index (χ4v) is 6.10. The van der Waals surface area contributed by atoms with Gasteiger partial charge in [-0.25, -0.2) is 4.79 Å². The molecule has 39 heavy (non-hydrogen) atoms. The zero-order valence-electron chi connectivity index (χ0n) is 22.8. The number of carboxylic acid groups (broad SMARTS) is 1. The van der Waals surface area contributed by atoms with Crippen molar-refractivity contribution >= 4 is 60.7 Å². The normalized spacial score (nSPS) is 11.7. The van der Waals surface area contributed by atoms with Crippen molar-refractivity contribution in [2.45, 2.75) is 71.1 Å². The highest BCUT2D eigenvalue weighted by atomic mass is 16.4. The maximum Gasteiger partial charge on any atom is 0.336 e. The van der Waals surface area contributed by atoms with Crippen LogP contribution < -0.4 is 11.1 Å². The second-order valence-electron chi connectivity index (χ2n) is 10.7. The van der Waals surface area contributed by atoms with Crippen LogP contribution in [0.3, 0.4) is 0 Å². The number of nitrogens with one attached hydrogen (secondary N) is 1. The third-order valence-corrected chi connectivity index (χ3v) is 8.11. The number of carboxylic acids is 1. The molecule has 4 N–H and O–H groups in total. The molecule has 0 heterocycles. The summed E-state index contributed by atoms with van der Waals surface area (Å²) in [6.07, 6.45) is 12.4. The number of amides is 1. The van der Waals surface area contributed by atoms with E-state index in [2.05, 4.69) is 12.2 Å². The van der Waals surface area contributed by atoms with Crippen molar-refractivity contribution in [3.63, 3.8) is 0 Å². The van der Waals surface area contributed by atoms with E-state index in [1.165, 1.54) is 51.4 Å². The molecule has 0 aliphatic heterocycles. The molecule has 0 aliphatic carbocycles. The van der Waals surface area contributed by atoms with Crippen molar-refractivity contribution in [2.75, 3.05) is 12.3 Å². The van der Waals surface area contributed by atoms with Crippen LogP contribution in [0.25, 0.3) is 43.1 Å². The summed E-state index contributed by atoms with van der Waals surface area (Å²) in [4.78, 5) is 25.7. The van der Waals surface area contributed by atoms with Gasteiger partial charge < -0.3 is 16.2 Å². The van der Waals surface area contributed by atoms with Crippen LogP contribution in [-0.2, 0) is 0 Å². The summed E-state index contributed by atoms with van der Waals surface area (Å²) in [5.41, 5.74) is 7.56. The Morgan fingerprint density at radius 1 is 0.641 bits per heavy atom. The summed E-state index contributed by atoms with van der Waals surface area (Å²) < 4.78 is 0. The van der Waals surface area contributed by atoms with Gasteiger partial charge in [0.25, 0.3) is 5.91 Å². The van der Waals surface area contributed by atoms with E-state index < -0.39 is 5.97 Å². The molecule has 0 bridgehead atoms. The zero-order chi connectivity index (χ0) is 27.4. The summed E-state index contributed by atoms with van der Waals surface area (Å²) in [6, 6.07) is 17.1. The van der Waals surface area contributed by atoms with Crippen molar-refractivity contribution in [3.05, 3.63) is 65.7 Å². The van der Waals surface area contributed by atoms with Crippen LogP contribution in [0, 0.1) is 0 Å². The zero-order valence-corrected chi connectivity index (χ0v) is 22.8. The van der Waals surface area contributed by atoms with E-state index >= 15 is 0 Å². The number of carbonyl (C=O) groups excluding carboxylic acids is 1. The molecular weight excluding hydrogens is 484 g/mol. The average molecular weight is 523 g/mol. The number of nitrogens with two attached hydrogens (primary N) is 1. The van der Waals surface area contributed by atoms with Crippen molar-refractivity contribution in [2.24, 2.45) is 0 Å². The lowest BCUT2D eigenvalue weighted by Crippen LogP contribution is -2.25. The van der Waals surface area contributed by atoms with E-state index in [1.54, 1.807) is 12.1 Å². The Bertz CT molecular complexity index is 1620. The Labute approximate surface area is 229 Å². The lowest BCUT2D eigenvalue weighted by Gasteiger charge is -2.18. The smallest absolute Gasteiger partial charge is 0.336 e. The Kier molecular flexibility index (Phi) is 8.16. The Morgan fingerprint density at radius 3 is 1.85 bits per heavy atom. The van der Waals surface area contributed by atoms with E-state index in [4.69, 9.17) is 5.73 Å². The third-order valence-electron chi connectivity index (χ3n) is 8.11. The Balaban J connectivity index is 1.39. The average Bonchev–Trinajstić information content (AvgIpc) is 2.94. The summed E-state index contributed by atoms with van der Waals surface area (Å²) in [7, 11) is 0. The summed E-state index contributed by atoms with van der Waals surface area (Å²) >= 11 is 0. The molecule has 0 saturated carbocycles. The highest BCUT2D eigenvalue weighted by molar-refractivity contribution is 6.36. The second-order valence-corrected chi connectivity index (χ2v) is 10.7. The minimum absolute atomic E-state index is 0.144. The van der Waals surface area contributed by atoms with Crippen LogP contribution in [0.15, 0.2) is 54.6 Å². The lowest BCUT2D eigenvalue weighted by molar-refractivity contribution is 0.0699.